The van der Waals surface area contributed by atoms with Gasteiger partial charge in [-0.1, -0.05) is 29.8 Å². The summed E-state index contributed by atoms with van der Waals surface area (Å²) < 4.78 is 5.65. The first-order valence-electron chi connectivity index (χ1n) is 6.10. The lowest BCUT2D eigenvalue weighted by atomic mass is 10.1. The van der Waals surface area contributed by atoms with Crippen molar-refractivity contribution in [3.05, 3.63) is 58.4 Å². The van der Waals surface area contributed by atoms with E-state index in [0.29, 0.717) is 22.0 Å². The minimum absolute atomic E-state index is 0.0713. The van der Waals surface area contributed by atoms with E-state index < -0.39 is 5.97 Å². The monoisotopic (exact) mass is 291 g/mol. The molecular formula is C15H14ClNO3. The summed E-state index contributed by atoms with van der Waals surface area (Å²) in [7, 11) is 0. The lowest BCUT2D eigenvalue weighted by Crippen LogP contribution is -2.05. The van der Waals surface area contributed by atoms with Gasteiger partial charge in [0.1, 0.15) is 12.4 Å². The van der Waals surface area contributed by atoms with Crippen LogP contribution in [-0.2, 0) is 17.8 Å². The number of benzene rings is 1. The molecule has 0 spiro atoms. The maximum Gasteiger partial charge on any atom is 0.307 e. The van der Waals surface area contributed by atoms with Crippen LogP contribution in [0, 0.1) is 6.92 Å². The molecule has 0 radical (unpaired) electrons. The van der Waals surface area contributed by atoms with Gasteiger partial charge in [-0.15, -0.1) is 0 Å². The van der Waals surface area contributed by atoms with Gasteiger partial charge in [-0.25, -0.2) is 0 Å². The first-order chi connectivity index (χ1) is 9.54. The van der Waals surface area contributed by atoms with E-state index in [9.17, 15) is 4.79 Å². The molecule has 1 heterocycles. The maximum absolute atomic E-state index is 10.8. The maximum atomic E-state index is 10.8. The molecule has 0 saturated heterocycles. The summed E-state index contributed by atoms with van der Waals surface area (Å²) >= 11 is 5.96. The quantitative estimate of drug-likeness (QED) is 0.918. The average Bonchev–Trinajstić information content (AvgIpc) is 2.36. The number of para-hydroxylation sites is 1. The Bertz CT molecular complexity index is 608. The normalized spacial score (nSPS) is 10.3. The molecule has 20 heavy (non-hydrogen) atoms. The lowest BCUT2D eigenvalue weighted by molar-refractivity contribution is -0.136. The van der Waals surface area contributed by atoms with Gasteiger partial charge in [0.2, 0.25) is 0 Å². The zero-order valence-corrected chi connectivity index (χ0v) is 11.7. The van der Waals surface area contributed by atoms with Gasteiger partial charge in [-0.05, 0) is 25.1 Å². The number of nitrogens with zero attached hydrogens (tertiary/aromatic N) is 1. The Morgan fingerprint density at radius 1 is 1.35 bits per heavy atom. The number of aliphatic carboxylic acids is 1. The Balaban J connectivity index is 2.12. The van der Waals surface area contributed by atoms with E-state index in [4.69, 9.17) is 21.4 Å². The van der Waals surface area contributed by atoms with Crippen LogP contribution in [0.5, 0.6) is 5.75 Å². The van der Waals surface area contributed by atoms with Crippen LogP contribution < -0.4 is 4.74 Å². The highest BCUT2D eigenvalue weighted by Crippen LogP contribution is 2.20. The minimum Gasteiger partial charge on any atom is -0.487 e. The first-order valence-corrected chi connectivity index (χ1v) is 6.48. The molecule has 0 aliphatic carbocycles. The number of halogens is 1. The fraction of sp³-hybridized carbons (Fsp3) is 0.200. The fourth-order valence-corrected chi connectivity index (χ4v) is 2.15. The molecule has 0 amide bonds. The third-order valence-electron chi connectivity index (χ3n) is 2.66. The van der Waals surface area contributed by atoms with Crippen molar-refractivity contribution in [3.63, 3.8) is 0 Å². The predicted molar refractivity (Wildman–Crippen MR) is 76.1 cm³/mol. The molecule has 1 N–H and O–H groups in total. The fourth-order valence-electron chi connectivity index (χ4n) is 1.87. The number of carbonyl (C=O) groups is 1. The molecule has 1 aromatic carbocycles. The molecule has 0 fully saturated rings. The predicted octanol–water partition coefficient (Wildman–Crippen LogP) is 3.25. The Morgan fingerprint density at radius 3 is 2.80 bits per heavy atom. The molecule has 0 aliphatic rings. The topological polar surface area (TPSA) is 59.4 Å². The summed E-state index contributed by atoms with van der Waals surface area (Å²) in [6, 6.07) is 10.6. The van der Waals surface area contributed by atoms with Crippen LogP contribution in [0.4, 0.5) is 0 Å². The molecule has 0 unspecified atom stereocenters. The number of carboxylic acids is 1. The first kappa shape index (κ1) is 14.3. The van der Waals surface area contributed by atoms with E-state index in [0.717, 1.165) is 5.69 Å². The molecule has 0 saturated carbocycles. The van der Waals surface area contributed by atoms with Gasteiger partial charge >= 0.3 is 5.97 Å². The van der Waals surface area contributed by atoms with Gasteiger partial charge in [0, 0.05) is 16.3 Å². The largest absolute Gasteiger partial charge is 0.487 e. The van der Waals surface area contributed by atoms with Gasteiger partial charge < -0.3 is 9.84 Å². The second kappa shape index (κ2) is 6.39. The molecular weight excluding hydrogens is 278 g/mol. The Hall–Kier alpha value is -2.07. The number of hydrogen-bond donors (Lipinski definition) is 1. The second-order valence-corrected chi connectivity index (χ2v) is 4.82. The average molecular weight is 292 g/mol. The van der Waals surface area contributed by atoms with Gasteiger partial charge in [-0.3, -0.25) is 9.78 Å². The van der Waals surface area contributed by atoms with Crippen LogP contribution in [0.1, 0.15) is 17.0 Å². The minimum atomic E-state index is -0.891. The number of rotatable bonds is 5. The molecule has 0 bridgehead atoms. The van der Waals surface area contributed by atoms with Crippen molar-refractivity contribution >= 4 is 17.6 Å². The van der Waals surface area contributed by atoms with Crippen LogP contribution in [0.15, 0.2) is 36.4 Å². The summed E-state index contributed by atoms with van der Waals surface area (Å²) in [4.78, 5) is 15.1. The van der Waals surface area contributed by atoms with Gasteiger partial charge in [0.05, 0.1) is 12.1 Å². The molecule has 5 heteroatoms. The van der Waals surface area contributed by atoms with Crippen molar-refractivity contribution in [2.24, 2.45) is 0 Å². The zero-order chi connectivity index (χ0) is 14.5. The molecule has 2 aromatic rings. The summed E-state index contributed by atoms with van der Waals surface area (Å²) in [5, 5.41) is 9.47. The van der Waals surface area contributed by atoms with Crippen molar-refractivity contribution in [3.8, 4) is 5.75 Å². The van der Waals surface area contributed by atoms with Crippen molar-refractivity contribution < 1.29 is 14.6 Å². The van der Waals surface area contributed by atoms with E-state index in [-0.39, 0.29) is 13.0 Å². The number of ether oxygens (including phenoxy) is 1. The van der Waals surface area contributed by atoms with Crippen molar-refractivity contribution in [2.75, 3.05) is 0 Å². The van der Waals surface area contributed by atoms with E-state index in [1.165, 1.54) is 0 Å². The molecule has 4 nitrogen and oxygen atoms in total. The Labute approximate surface area is 122 Å². The van der Waals surface area contributed by atoms with Gasteiger partial charge in [-0.2, -0.15) is 0 Å². The van der Waals surface area contributed by atoms with Gasteiger partial charge in [0.25, 0.3) is 0 Å². The van der Waals surface area contributed by atoms with Gasteiger partial charge in [0.15, 0.2) is 0 Å². The highest BCUT2D eigenvalue weighted by Gasteiger charge is 2.08. The van der Waals surface area contributed by atoms with Crippen LogP contribution in [0.2, 0.25) is 5.02 Å². The van der Waals surface area contributed by atoms with E-state index in [1.807, 2.05) is 6.92 Å². The highest BCUT2D eigenvalue weighted by atomic mass is 35.5. The van der Waals surface area contributed by atoms with Crippen LogP contribution >= 0.6 is 11.6 Å². The zero-order valence-electron chi connectivity index (χ0n) is 11.0. The highest BCUT2D eigenvalue weighted by molar-refractivity contribution is 6.30. The lowest BCUT2D eigenvalue weighted by Gasteiger charge is -2.10. The third kappa shape index (κ3) is 3.96. The van der Waals surface area contributed by atoms with Crippen LogP contribution in [0.3, 0.4) is 0 Å². The smallest absolute Gasteiger partial charge is 0.307 e. The Kier molecular flexibility index (Phi) is 4.58. The third-order valence-corrected chi connectivity index (χ3v) is 2.88. The number of carboxylic acid groups (broad SMARTS) is 1. The van der Waals surface area contributed by atoms with E-state index in [1.54, 1.807) is 36.4 Å². The Morgan fingerprint density at radius 2 is 2.10 bits per heavy atom. The van der Waals surface area contributed by atoms with Crippen LogP contribution in [-0.4, -0.2) is 16.1 Å². The summed E-state index contributed by atoms with van der Waals surface area (Å²) in [6.45, 7) is 2.10. The van der Waals surface area contributed by atoms with Crippen molar-refractivity contribution in [1.29, 1.82) is 0 Å². The number of aromatic nitrogens is 1. The van der Waals surface area contributed by atoms with Crippen molar-refractivity contribution in [1.82, 2.24) is 4.98 Å². The standard InChI is InChI=1S/C15H14ClNO3/c1-10-6-12(16)8-13(17-10)9-20-14-5-3-2-4-11(14)7-15(18)19/h2-6,8H,7,9H2,1H3,(H,18,19). The van der Waals surface area contributed by atoms with Crippen LogP contribution in [0.25, 0.3) is 0 Å². The molecule has 2 rings (SSSR count). The molecule has 104 valence electrons. The summed E-state index contributed by atoms with van der Waals surface area (Å²) in [6.07, 6.45) is -0.0713. The second-order valence-electron chi connectivity index (χ2n) is 4.38. The molecule has 0 atom stereocenters. The molecule has 0 aliphatic heterocycles. The summed E-state index contributed by atoms with van der Waals surface area (Å²) in [5.41, 5.74) is 2.16. The van der Waals surface area contributed by atoms with Crippen molar-refractivity contribution in [2.45, 2.75) is 20.0 Å². The van der Waals surface area contributed by atoms with E-state index in [2.05, 4.69) is 4.98 Å². The van der Waals surface area contributed by atoms with E-state index >= 15 is 0 Å². The number of pyridine rings is 1. The molecule has 1 aromatic heterocycles. The SMILES string of the molecule is Cc1cc(Cl)cc(COc2ccccc2CC(=O)O)n1. The summed E-state index contributed by atoms with van der Waals surface area (Å²) in [5.74, 6) is -0.341. The number of aryl methyl sites for hydroxylation is 1. The number of hydrogen-bond acceptors (Lipinski definition) is 3.